The van der Waals surface area contributed by atoms with Crippen LogP contribution >= 0.6 is 0 Å². The number of carbonyl (C=O) groups is 2. The van der Waals surface area contributed by atoms with Crippen molar-refractivity contribution in [1.82, 2.24) is 10.6 Å². The molecule has 3 rings (SSSR count). The molecule has 8 nitrogen and oxygen atoms in total. The molecule has 0 atom stereocenters. The van der Waals surface area contributed by atoms with E-state index < -0.39 is 12.0 Å². The highest BCUT2D eigenvalue weighted by molar-refractivity contribution is 5.82. The van der Waals surface area contributed by atoms with Crippen molar-refractivity contribution in [2.45, 2.75) is 5.92 Å². The minimum Gasteiger partial charge on any atom is -0.449 e. The van der Waals surface area contributed by atoms with Crippen molar-refractivity contribution >= 4 is 12.0 Å². The van der Waals surface area contributed by atoms with Crippen LogP contribution in [0.3, 0.4) is 0 Å². The van der Waals surface area contributed by atoms with Crippen LogP contribution in [0, 0.1) is 4.91 Å². The number of benzene rings is 2. The van der Waals surface area contributed by atoms with Crippen LogP contribution in [-0.4, -0.2) is 45.0 Å². The lowest BCUT2D eigenvalue weighted by atomic mass is 9.98. The van der Waals surface area contributed by atoms with Gasteiger partial charge in [-0.3, -0.25) is 4.79 Å². The minimum absolute atomic E-state index is 0.0217. The maximum absolute atomic E-state index is 12.0. The number of carbonyl (C=O) groups excluding carboxylic acids is 2. The van der Waals surface area contributed by atoms with E-state index in [0.29, 0.717) is 0 Å². The number of hydrogen-bond donors (Lipinski definition) is 2. The van der Waals surface area contributed by atoms with Crippen molar-refractivity contribution in [3.63, 3.8) is 0 Å². The van der Waals surface area contributed by atoms with E-state index in [1.807, 2.05) is 36.4 Å². The summed E-state index contributed by atoms with van der Waals surface area (Å²) < 4.78 is 10.3. The first-order valence-corrected chi connectivity index (χ1v) is 8.93. The fraction of sp³-hybridized carbons (Fsp3) is 0.300. The summed E-state index contributed by atoms with van der Waals surface area (Å²) in [6, 6.07) is 16.1. The Balaban J connectivity index is 1.46. The molecule has 0 aliphatic heterocycles. The van der Waals surface area contributed by atoms with E-state index in [1.165, 1.54) is 0 Å². The van der Waals surface area contributed by atoms with Gasteiger partial charge >= 0.3 is 6.09 Å². The van der Waals surface area contributed by atoms with Gasteiger partial charge in [0.15, 0.2) is 0 Å². The van der Waals surface area contributed by atoms with Crippen molar-refractivity contribution in [2.24, 2.45) is 5.18 Å². The zero-order chi connectivity index (χ0) is 19.8. The summed E-state index contributed by atoms with van der Waals surface area (Å²) in [7, 11) is 0. The smallest absolute Gasteiger partial charge is 0.407 e. The lowest BCUT2D eigenvalue weighted by Gasteiger charge is -2.14. The molecule has 146 valence electrons. The Morgan fingerprint density at radius 2 is 1.61 bits per heavy atom. The third-order valence-electron chi connectivity index (χ3n) is 4.44. The fourth-order valence-corrected chi connectivity index (χ4v) is 3.17. The minimum atomic E-state index is -0.664. The summed E-state index contributed by atoms with van der Waals surface area (Å²) in [5.74, 6) is -0.459. The van der Waals surface area contributed by atoms with Crippen LogP contribution in [0.4, 0.5) is 4.79 Å². The molecule has 0 aromatic heterocycles. The SMILES string of the molecule is O=NCCOCNC(=O)CNC(=O)OCC1c2ccccc2-c2ccccc21. The second-order valence-corrected chi connectivity index (χ2v) is 6.18. The van der Waals surface area contributed by atoms with Gasteiger partial charge in [0.1, 0.15) is 26.4 Å². The highest BCUT2D eigenvalue weighted by atomic mass is 16.5. The van der Waals surface area contributed by atoms with E-state index in [2.05, 4.69) is 27.9 Å². The third kappa shape index (κ3) is 4.72. The van der Waals surface area contributed by atoms with Crippen molar-refractivity contribution in [3.8, 4) is 11.1 Å². The Labute approximate surface area is 162 Å². The number of amides is 2. The number of alkyl carbamates (subject to hydrolysis) is 1. The van der Waals surface area contributed by atoms with E-state index in [0.717, 1.165) is 22.3 Å². The molecule has 2 N–H and O–H groups in total. The summed E-state index contributed by atoms with van der Waals surface area (Å²) in [6.07, 6.45) is -0.664. The van der Waals surface area contributed by atoms with Gasteiger partial charge in [0.25, 0.3) is 0 Å². The zero-order valence-corrected chi connectivity index (χ0v) is 15.2. The van der Waals surface area contributed by atoms with Crippen LogP contribution in [0.25, 0.3) is 11.1 Å². The molecule has 0 spiro atoms. The second kappa shape index (κ2) is 9.61. The number of nitrogens with zero attached hydrogens (tertiary/aromatic N) is 1. The molecule has 1 aliphatic carbocycles. The first kappa shape index (κ1) is 19.5. The van der Waals surface area contributed by atoms with E-state index in [9.17, 15) is 14.5 Å². The van der Waals surface area contributed by atoms with Crippen LogP contribution in [-0.2, 0) is 14.3 Å². The summed E-state index contributed by atoms with van der Waals surface area (Å²) in [5.41, 5.74) is 4.54. The normalized spacial score (nSPS) is 12.0. The van der Waals surface area contributed by atoms with E-state index in [1.54, 1.807) is 0 Å². The number of rotatable bonds is 9. The molecule has 2 amide bonds. The van der Waals surface area contributed by atoms with E-state index >= 15 is 0 Å². The molecule has 0 radical (unpaired) electrons. The molecule has 0 heterocycles. The molecule has 2 aromatic rings. The number of fused-ring (bicyclic) bond motifs is 3. The maximum atomic E-state index is 12.0. The van der Waals surface area contributed by atoms with Gasteiger partial charge in [-0.15, -0.1) is 0 Å². The average Bonchev–Trinajstić information content (AvgIpc) is 3.04. The molecule has 0 saturated carbocycles. The summed E-state index contributed by atoms with van der Waals surface area (Å²) in [5, 5.41) is 7.49. The quantitative estimate of drug-likeness (QED) is 0.393. The van der Waals surface area contributed by atoms with Crippen LogP contribution in [0.2, 0.25) is 0 Å². The molecule has 0 unspecified atom stereocenters. The van der Waals surface area contributed by atoms with Gasteiger partial charge in [0, 0.05) is 5.92 Å². The maximum Gasteiger partial charge on any atom is 0.407 e. The topological polar surface area (TPSA) is 106 Å². The summed E-state index contributed by atoms with van der Waals surface area (Å²) >= 11 is 0. The zero-order valence-electron chi connectivity index (χ0n) is 15.2. The Hall–Kier alpha value is -3.26. The van der Waals surface area contributed by atoms with Crippen molar-refractivity contribution < 1.29 is 19.1 Å². The summed E-state index contributed by atoms with van der Waals surface area (Å²) in [6.45, 7) is 0.0490. The Morgan fingerprint density at radius 1 is 0.964 bits per heavy atom. The molecular weight excluding hydrogens is 362 g/mol. The molecule has 0 fully saturated rings. The predicted octanol–water partition coefficient (Wildman–Crippen LogP) is 2.38. The molecule has 0 bridgehead atoms. The van der Waals surface area contributed by atoms with Crippen LogP contribution < -0.4 is 10.6 Å². The lowest BCUT2D eigenvalue weighted by molar-refractivity contribution is -0.121. The molecule has 1 aliphatic rings. The Bertz CT molecular complexity index is 810. The van der Waals surface area contributed by atoms with Gasteiger partial charge in [-0.05, 0) is 22.3 Å². The number of ether oxygens (including phenoxy) is 2. The van der Waals surface area contributed by atoms with Crippen molar-refractivity contribution in [3.05, 3.63) is 64.6 Å². The van der Waals surface area contributed by atoms with Gasteiger partial charge in [0.2, 0.25) is 5.91 Å². The Morgan fingerprint density at radius 3 is 2.25 bits per heavy atom. The van der Waals surface area contributed by atoms with E-state index in [4.69, 9.17) is 9.47 Å². The third-order valence-corrected chi connectivity index (χ3v) is 4.44. The van der Waals surface area contributed by atoms with Gasteiger partial charge < -0.3 is 20.1 Å². The largest absolute Gasteiger partial charge is 0.449 e. The predicted molar refractivity (Wildman–Crippen MR) is 103 cm³/mol. The number of nitroso groups, excluding NO2 is 1. The molecular formula is C20H21N3O5. The van der Waals surface area contributed by atoms with Gasteiger partial charge in [-0.1, -0.05) is 53.7 Å². The van der Waals surface area contributed by atoms with Gasteiger partial charge in [0.05, 0.1) is 6.61 Å². The van der Waals surface area contributed by atoms with Crippen LogP contribution in [0.5, 0.6) is 0 Å². The average molecular weight is 383 g/mol. The van der Waals surface area contributed by atoms with Gasteiger partial charge in [-0.2, -0.15) is 4.91 Å². The van der Waals surface area contributed by atoms with Gasteiger partial charge in [-0.25, -0.2) is 4.79 Å². The molecule has 28 heavy (non-hydrogen) atoms. The van der Waals surface area contributed by atoms with Crippen molar-refractivity contribution in [1.29, 1.82) is 0 Å². The standard InChI is InChI=1S/C20H21N3O5/c24-19(22-13-27-10-9-23-26)11-21-20(25)28-12-18-16-7-3-1-5-14(16)15-6-2-4-8-17(15)18/h1-8,18H,9-13H2,(H,21,25)(H,22,24). The molecule has 0 saturated heterocycles. The van der Waals surface area contributed by atoms with Crippen molar-refractivity contribution in [2.75, 3.05) is 33.0 Å². The first-order valence-electron chi connectivity index (χ1n) is 8.93. The second-order valence-electron chi connectivity index (χ2n) is 6.18. The first-order chi connectivity index (χ1) is 13.7. The highest BCUT2D eigenvalue weighted by Crippen LogP contribution is 2.44. The number of hydrogen-bond acceptors (Lipinski definition) is 6. The monoisotopic (exact) mass is 383 g/mol. The fourth-order valence-electron chi connectivity index (χ4n) is 3.17. The van der Waals surface area contributed by atoms with E-state index in [-0.39, 0.29) is 39.0 Å². The highest BCUT2D eigenvalue weighted by Gasteiger charge is 2.28. The van der Waals surface area contributed by atoms with Crippen LogP contribution in [0.1, 0.15) is 17.0 Å². The lowest BCUT2D eigenvalue weighted by Crippen LogP contribution is -2.38. The molecule has 8 heteroatoms. The number of nitrogens with one attached hydrogen (secondary N) is 2. The summed E-state index contributed by atoms with van der Waals surface area (Å²) in [4.78, 5) is 33.5. The Kier molecular flexibility index (Phi) is 6.69. The van der Waals surface area contributed by atoms with Crippen LogP contribution in [0.15, 0.2) is 53.7 Å². The molecule has 2 aromatic carbocycles.